The predicted octanol–water partition coefficient (Wildman–Crippen LogP) is 3.11. The number of hydrazone groups is 1. The lowest BCUT2D eigenvalue weighted by Gasteiger charge is -1.99. The average molecular weight is 316 g/mol. The smallest absolute Gasteiger partial charge is 0.288 e. The molecule has 2 aromatic heterocycles. The Morgan fingerprint density at radius 3 is 3.10 bits per heavy atom. The van der Waals surface area contributed by atoms with Gasteiger partial charge in [0.15, 0.2) is 0 Å². The van der Waals surface area contributed by atoms with Gasteiger partial charge < -0.3 is 4.98 Å². The zero-order valence-corrected chi connectivity index (χ0v) is 12.8. The van der Waals surface area contributed by atoms with Crippen LogP contribution in [0.25, 0.3) is 10.9 Å². The highest BCUT2D eigenvalue weighted by Gasteiger charge is 2.16. The van der Waals surface area contributed by atoms with Gasteiger partial charge in [0.1, 0.15) is 10.7 Å². The number of hydrogen-bond donors (Lipinski definition) is 2. The first kappa shape index (κ1) is 13.8. The summed E-state index contributed by atoms with van der Waals surface area (Å²) >= 11 is 3.00. The lowest BCUT2D eigenvalue weighted by atomic mass is 10.2. The number of carbonyl (C=O) groups is 1. The van der Waals surface area contributed by atoms with Gasteiger partial charge in [0, 0.05) is 27.4 Å². The predicted molar refractivity (Wildman–Crippen MR) is 87.3 cm³/mol. The Morgan fingerprint density at radius 1 is 1.48 bits per heavy atom. The molecule has 0 saturated carbocycles. The summed E-state index contributed by atoms with van der Waals surface area (Å²) in [5.41, 5.74) is 3.99. The second-order valence-corrected chi connectivity index (χ2v) is 5.89. The minimum Gasteiger partial charge on any atom is -0.350 e. The number of carbonyl (C=O) groups excluding carboxylic acids is 1. The van der Waals surface area contributed by atoms with Gasteiger partial charge in [-0.25, -0.2) is 10.4 Å². The standard InChI is InChI=1S/C14H12N4OS2/c1-20-13-9-4-2-3-5-10(9)17-12(13)14(19)18-16-8-11-15-6-7-21-11/h2-8,17H,1H3,(H,18,19)/b16-8-. The number of nitrogens with zero attached hydrogens (tertiary/aromatic N) is 2. The number of benzene rings is 1. The molecule has 0 aliphatic carbocycles. The average Bonchev–Trinajstić information content (AvgIpc) is 3.13. The Labute approximate surface area is 129 Å². The second-order valence-electron chi connectivity index (χ2n) is 4.15. The molecule has 1 amide bonds. The van der Waals surface area contributed by atoms with Crippen molar-refractivity contribution in [2.24, 2.45) is 5.10 Å². The van der Waals surface area contributed by atoms with Gasteiger partial charge in [0.05, 0.1) is 6.21 Å². The quantitative estimate of drug-likeness (QED) is 0.441. The molecule has 0 aliphatic heterocycles. The highest BCUT2D eigenvalue weighted by Crippen LogP contribution is 2.30. The number of para-hydroxylation sites is 1. The number of rotatable bonds is 4. The molecule has 0 radical (unpaired) electrons. The Bertz CT molecular complexity index is 793. The van der Waals surface area contributed by atoms with Crippen molar-refractivity contribution in [1.82, 2.24) is 15.4 Å². The van der Waals surface area contributed by atoms with Crippen LogP contribution in [0.5, 0.6) is 0 Å². The first-order chi connectivity index (χ1) is 10.3. The van der Waals surface area contributed by atoms with Gasteiger partial charge in [0.2, 0.25) is 0 Å². The number of nitrogens with one attached hydrogen (secondary N) is 2. The molecule has 3 aromatic rings. The maximum Gasteiger partial charge on any atom is 0.288 e. The molecule has 3 rings (SSSR count). The Hall–Kier alpha value is -2.12. The van der Waals surface area contributed by atoms with Gasteiger partial charge in [-0.15, -0.1) is 23.1 Å². The lowest BCUT2D eigenvalue weighted by molar-refractivity contribution is 0.0948. The summed E-state index contributed by atoms with van der Waals surface area (Å²) in [6.45, 7) is 0. The highest BCUT2D eigenvalue weighted by molar-refractivity contribution is 7.99. The van der Waals surface area contributed by atoms with Crippen LogP contribution in [0.2, 0.25) is 0 Å². The van der Waals surface area contributed by atoms with E-state index in [0.29, 0.717) is 5.69 Å². The molecule has 7 heteroatoms. The van der Waals surface area contributed by atoms with Crippen LogP contribution in [-0.4, -0.2) is 28.3 Å². The summed E-state index contributed by atoms with van der Waals surface area (Å²) in [4.78, 5) is 20.4. The van der Waals surface area contributed by atoms with Gasteiger partial charge >= 0.3 is 0 Å². The monoisotopic (exact) mass is 316 g/mol. The summed E-state index contributed by atoms with van der Waals surface area (Å²) in [6, 6.07) is 7.83. The molecule has 2 N–H and O–H groups in total. The van der Waals surface area contributed by atoms with E-state index in [1.807, 2.05) is 35.9 Å². The third kappa shape index (κ3) is 2.84. The summed E-state index contributed by atoms with van der Waals surface area (Å²) < 4.78 is 0. The fourth-order valence-electron chi connectivity index (χ4n) is 1.99. The number of H-pyrrole nitrogens is 1. The maximum absolute atomic E-state index is 12.2. The minimum atomic E-state index is -0.261. The third-order valence-electron chi connectivity index (χ3n) is 2.88. The van der Waals surface area contributed by atoms with Crippen LogP contribution >= 0.6 is 23.1 Å². The van der Waals surface area contributed by atoms with E-state index >= 15 is 0 Å². The third-order valence-corrected chi connectivity index (χ3v) is 4.42. The number of thioether (sulfide) groups is 1. The molecule has 21 heavy (non-hydrogen) atoms. The van der Waals surface area contributed by atoms with Crippen molar-refractivity contribution in [3.63, 3.8) is 0 Å². The summed E-state index contributed by atoms with van der Waals surface area (Å²) in [6.07, 6.45) is 5.17. The van der Waals surface area contributed by atoms with Crippen LogP contribution in [0.1, 0.15) is 15.5 Å². The highest BCUT2D eigenvalue weighted by atomic mass is 32.2. The summed E-state index contributed by atoms with van der Waals surface area (Å²) in [5, 5.41) is 7.57. The topological polar surface area (TPSA) is 70.1 Å². The number of aromatic nitrogens is 2. The summed E-state index contributed by atoms with van der Waals surface area (Å²) in [7, 11) is 0. The maximum atomic E-state index is 12.2. The Balaban J connectivity index is 1.84. The fraction of sp³-hybridized carbons (Fsp3) is 0.0714. The molecular formula is C14H12N4OS2. The molecule has 0 unspecified atom stereocenters. The van der Waals surface area contributed by atoms with E-state index in [9.17, 15) is 4.79 Å². The molecule has 0 saturated heterocycles. The zero-order valence-electron chi connectivity index (χ0n) is 11.2. The van der Waals surface area contributed by atoms with Crippen LogP contribution in [0, 0.1) is 0 Å². The van der Waals surface area contributed by atoms with E-state index < -0.39 is 0 Å². The minimum absolute atomic E-state index is 0.261. The van der Waals surface area contributed by atoms with Crippen molar-refractivity contribution in [3.8, 4) is 0 Å². The van der Waals surface area contributed by atoms with Crippen molar-refractivity contribution in [1.29, 1.82) is 0 Å². The van der Waals surface area contributed by atoms with Crippen molar-refractivity contribution in [3.05, 3.63) is 46.5 Å². The van der Waals surface area contributed by atoms with Crippen molar-refractivity contribution in [2.45, 2.75) is 4.90 Å². The molecule has 0 aliphatic rings. The number of amides is 1. The van der Waals surface area contributed by atoms with Gasteiger partial charge in [-0.1, -0.05) is 18.2 Å². The van der Waals surface area contributed by atoms with E-state index in [2.05, 4.69) is 20.5 Å². The van der Waals surface area contributed by atoms with Crippen LogP contribution in [0.4, 0.5) is 0 Å². The number of hydrogen-bond acceptors (Lipinski definition) is 5. The molecule has 1 aromatic carbocycles. The molecule has 0 atom stereocenters. The van der Waals surface area contributed by atoms with E-state index in [-0.39, 0.29) is 5.91 Å². The molecule has 106 valence electrons. The number of thiazole rings is 1. The molecule has 0 spiro atoms. The van der Waals surface area contributed by atoms with Crippen LogP contribution in [0.3, 0.4) is 0 Å². The van der Waals surface area contributed by atoms with Crippen LogP contribution in [-0.2, 0) is 0 Å². The van der Waals surface area contributed by atoms with Gasteiger partial charge in [-0.2, -0.15) is 5.10 Å². The molecule has 0 bridgehead atoms. The van der Waals surface area contributed by atoms with Crippen molar-refractivity contribution >= 4 is 46.1 Å². The summed E-state index contributed by atoms with van der Waals surface area (Å²) in [5.74, 6) is -0.261. The van der Waals surface area contributed by atoms with Gasteiger partial charge in [-0.05, 0) is 12.3 Å². The molecule has 0 fully saturated rings. The SMILES string of the molecule is CSc1c(C(=O)N/N=C\c2nccs2)[nH]c2ccccc12. The number of fused-ring (bicyclic) bond motifs is 1. The fourth-order valence-corrected chi connectivity index (χ4v) is 3.23. The van der Waals surface area contributed by atoms with E-state index in [1.165, 1.54) is 29.3 Å². The van der Waals surface area contributed by atoms with Crippen molar-refractivity contribution in [2.75, 3.05) is 6.26 Å². The van der Waals surface area contributed by atoms with E-state index in [0.717, 1.165) is 20.8 Å². The Morgan fingerprint density at radius 2 is 2.33 bits per heavy atom. The van der Waals surface area contributed by atoms with Gasteiger partial charge in [-0.3, -0.25) is 4.79 Å². The number of aromatic amines is 1. The normalized spacial score (nSPS) is 11.3. The van der Waals surface area contributed by atoms with Crippen LogP contribution < -0.4 is 5.43 Å². The Kier molecular flexibility index (Phi) is 4.03. The van der Waals surface area contributed by atoms with E-state index in [4.69, 9.17) is 0 Å². The van der Waals surface area contributed by atoms with Gasteiger partial charge in [0.25, 0.3) is 5.91 Å². The van der Waals surface area contributed by atoms with Crippen LogP contribution in [0.15, 0.2) is 45.8 Å². The molecule has 2 heterocycles. The first-order valence-electron chi connectivity index (χ1n) is 6.17. The van der Waals surface area contributed by atoms with Crippen molar-refractivity contribution < 1.29 is 4.79 Å². The zero-order chi connectivity index (χ0) is 14.7. The largest absolute Gasteiger partial charge is 0.350 e. The van der Waals surface area contributed by atoms with E-state index in [1.54, 1.807) is 6.20 Å². The first-order valence-corrected chi connectivity index (χ1v) is 8.27. The second kappa shape index (κ2) is 6.11. The molecule has 5 nitrogen and oxygen atoms in total. The molecular weight excluding hydrogens is 304 g/mol. The lowest BCUT2D eigenvalue weighted by Crippen LogP contribution is -2.18.